The van der Waals surface area contributed by atoms with E-state index in [1.807, 2.05) is 4.72 Å². The molecule has 0 fully saturated rings. The highest BCUT2D eigenvalue weighted by molar-refractivity contribution is 7.89. The summed E-state index contributed by atoms with van der Waals surface area (Å²) in [4.78, 5) is 11.1. The number of rotatable bonds is 6. The van der Waals surface area contributed by atoms with Crippen molar-refractivity contribution >= 4 is 27.6 Å². The van der Waals surface area contributed by atoms with Gasteiger partial charge in [0.2, 0.25) is 10.0 Å². The van der Waals surface area contributed by atoms with Gasteiger partial charge >= 0.3 is 12.1 Å². The van der Waals surface area contributed by atoms with Gasteiger partial charge in [-0.1, -0.05) is 23.7 Å². The molecule has 5 nitrogen and oxygen atoms in total. The summed E-state index contributed by atoms with van der Waals surface area (Å²) in [6.45, 7) is 0. The Morgan fingerprint density at radius 3 is 2.32 bits per heavy atom. The average molecular weight is 440 g/mol. The Hall–Kier alpha value is -2.17. The van der Waals surface area contributed by atoms with Crippen LogP contribution in [0.2, 0.25) is 5.02 Å². The first kappa shape index (κ1) is 22.1. The number of hydrogen-bond donors (Lipinski definition) is 1. The maximum Gasteiger partial charge on any atom is 0.416 e. The monoisotopic (exact) mass is 439 g/mol. The van der Waals surface area contributed by atoms with Crippen LogP contribution in [0.3, 0.4) is 0 Å². The van der Waals surface area contributed by atoms with E-state index in [0.717, 1.165) is 25.3 Å². The van der Waals surface area contributed by atoms with Gasteiger partial charge in [0.05, 0.1) is 17.7 Å². The number of hydrogen-bond acceptors (Lipinski definition) is 4. The summed E-state index contributed by atoms with van der Waals surface area (Å²) in [5, 5.41) is -0.453. The molecule has 2 aromatic carbocycles. The molecule has 0 aliphatic rings. The molecule has 0 amide bonds. The number of nitrogens with one attached hydrogen (secondary N) is 1. The van der Waals surface area contributed by atoms with E-state index in [1.165, 1.54) is 12.1 Å². The van der Waals surface area contributed by atoms with Crippen molar-refractivity contribution in [2.75, 3.05) is 7.11 Å². The Morgan fingerprint density at radius 1 is 1.18 bits per heavy atom. The molecule has 28 heavy (non-hydrogen) atoms. The highest BCUT2D eigenvalue weighted by atomic mass is 35.5. The lowest BCUT2D eigenvalue weighted by Gasteiger charge is -2.18. The highest BCUT2D eigenvalue weighted by Gasteiger charge is 2.34. The quantitative estimate of drug-likeness (QED) is 0.552. The smallest absolute Gasteiger partial charge is 0.416 e. The molecule has 0 heterocycles. The van der Waals surface area contributed by atoms with Gasteiger partial charge in [-0.15, -0.1) is 0 Å². The Morgan fingerprint density at radius 2 is 1.79 bits per heavy atom. The second-order valence-corrected chi connectivity index (χ2v) is 7.76. The lowest BCUT2D eigenvalue weighted by atomic mass is 10.1. The molecule has 1 unspecified atom stereocenters. The van der Waals surface area contributed by atoms with Gasteiger partial charge in [0.25, 0.3) is 0 Å². The molecule has 152 valence electrons. The minimum absolute atomic E-state index is 0.219. The minimum atomic E-state index is -4.79. The first-order valence-corrected chi connectivity index (χ1v) is 9.51. The number of sulfonamides is 1. The van der Waals surface area contributed by atoms with E-state index < -0.39 is 49.5 Å². The molecule has 1 N–H and O–H groups in total. The van der Waals surface area contributed by atoms with Crippen LogP contribution in [-0.4, -0.2) is 27.5 Å². The molecule has 0 aliphatic heterocycles. The van der Waals surface area contributed by atoms with Gasteiger partial charge in [-0.2, -0.15) is 17.9 Å². The molecule has 11 heteroatoms. The first-order valence-electron chi connectivity index (χ1n) is 7.65. The second kappa shape index (κ2) is 8.46. The van der Waals surface area contributed by atoms with E-state index in [2.05, 4.69) is 4.74 Å². The standard InChI is InChI=1S/C17H14ClF4NO4S/c1-27-16(24)14(8-10-2-5-12(19)6-3-10)23-28(25,26)15-9-11(17(20,21)22)4-7-13(15)18/h2-7,9,14,23H,8H2,1H3. The van der Waals surface area contributed by atoms with Gasteiger partial charge in [-0.25, -0.2) is 12.8 Å². The van der Waals surface area contributed by atoms with Crippen LogP contribution in [0.4, 0.5) is 17.6 Å². The number of benzene rings is 2. The Labute approximate surface area is 163 Å². The largest absolute Gasteiger partial charge is 0.468 e. The number of carbonyl (C=O) groups excluding carboxylic acids is 1. The SMILES string of the molecule is COC(=O)C(Cc1ccc(F)cc1)NS(=O)(=O)c1cc(C(F)(F)F)ccc1Cl. The summed E-state index contributed by atoms with van der Waals surface area (Å²) in [5.41, 5.74) is -0.819. The Kier molecular flexibility index (Phi) is 6.68. The lowest BCUT2D eigenvalue weighted by Crippen LogP contribution is -2.43. The van der Waals surface area contributed by atoms with Crippen LogP contribution < -0.4 is 4.72 Å². The highest BCUT2D eigenvalue weighted by Crippen LogP contribution is 2.33. The van der Waals surface area contributed by atoms with Crippen LogP contribution in [0.1, 0.15) is 11.1 Å². The predicted octanol–water partition coefficient (Wildman–Crippen LogP) is 3.56. The number of esters is 1. The summed E-state index contributed by atoms with van der Waals surface area (Å²) in [5.74, 6) is -1.51. The maximum atomic E-state index is 13.0. The fourth-order valence-corrected chi connectivity index (χ4v) is 4.02. The molecule has 0 saturated carbocycles. The zero-order chi connectivity index (χ0) is 21.1. The summed E-state index contributed by atoms with van der Waals surface area (Å²) in [7, 11) is -3.59. The number of halogens is 5. The second-order valence-electron chi connectivity index (χ2n) is 5.67. The third kappa shape index (κ3) is 5.43. The van der Waals surface area contributed by atoms with E-state index in [1.54, 1.807) is 0 Å². The average Bonchev–Trinajstić information content (AvgIpc) is 2.61. The fraction of sp³-hybridized carbons (Fsp3) is 0.235. The molecule has 0 radical (unpaired) electrons. The van der Waals surface area contributed by atoms with Gasteiger partial charge in [0.15, 0.2) is 0 Å². The molecule has 2 aromatic rings. The predicted molar refractivity (Wildman–Crippen MR) is 92.7 cm³/mol. The lowest BCUT2D eigenvalue weighted by molar-refractivity contribution is -0.142. The zero-order valence-corrected chi connectivity index (χ0v) is 15.8. The van der Waals surface area contributed by atoms with Gasteiger partial charge < -0.3 is 4.74 Å². The zero-order valence-electron chi connectivity index (χ0n) is 14.3. The van der Waals surface area contributed by atoms with Crippen LogP contribution in [0, 0.1) is 5.82 Å². The third-order valence-electron chi connectivity index (χ3n) is 3.68. The van der Waals surface area contributed by atoms with Crippen molar-refractivity contribution in [3.8, 4) is 0 Å². The molecule has 0 aliphatic carbocycles. The van der Waals surface area contributed by atoms with E-state index in [9.17, 15) is 30.8 Å². The van der Waals surface area contributed by atoms with Gasteiger partial charge in [-0.3, -0.25) is 4.79 Å². The fourth-order valence-electron chi connectivity index (χ4n) is 2.31. The summed E-state index contributed by atoms with van der Waals surface area (Å²) >= 11 is 5.76. The van der Waals surface area contributed by atoms with Crippen molar-refractivity contribution in [2.45, 2.75) is 23.5 Å². The summed E-state index contributed by atoms with van der Waals surface area (Å²) in [6.07, 6.45) is -5.01. The molecule has 0 saturated heterocycles. The molecule has 0 aromatic heterocycles. The van der Waals surface area contributed by atoms with Crippen molar-refractivity contribution in [2.24, 2.45) is 0 Å². The van der Waals surface area contributed by atoms with Crippen LogP contribution in [-0.2, 0) is 32.2 Å². The topological polar surface area (TPSA) is 72.5 Å². The summed E-state index contributed by atoms with van der Waals surface area (Å²) < 4.78 is 83.4. The van der Waals surface area contributed by atoms with E-state index in [0.29, 0.717) is 17.7 Å². The molecular weight excluding hydrogens is 426 g/mol. The van der Waals surface area contributed by atoms with Crippen molar-refractivity contribution < 1.29 is 35.5 Å². The summed E-state index contributed by atoms with van der Waals surface area (Å²) in [6, 6.07) is 5.23. The maximum absolute atomic E-state index is 13.0. The van der Waals surface area contributed by atoms with Crippen molar-refractivity contribution in [3.05, 3.63) is 64.4 Å². The molecule has 0 spiro atoms. The molecule has 0 bridgehead atoms. The van der Waals surface area contributed by atoms with Crippen LogP contribution in [0.15, 0.2) is 47.4 Å². The minimum Gasteiger partial charge on any atom is -0.468 e. The van der Waals surface area contributed by atoms with Gasteiger partial charge in [0.1, 0.15) is 16.8 Å². The molecular formula is C17H14ClF4NO4S. The number of carbonyl (C=O) groups is 1. The molecule has 1 atom stereocenters. The first-order chi connectivity index (χ1) is 12.9. The number of ether oxygens (including phenoxy) is 1. The van der Waals surface area contributed by atoms with Crippen molar-refractivity contribution in [1.29, 1.82) is 0 Å². The molecule has 2 rings (SSSR count). The Bertz CT molecular complexity index is 962. The van der Waals surface area contributed by atoms with Crippen LogP contribution in [0.5, 0.6) is 0 Å². The normalized spacial score (nSPS) is 13.2. The third-order valence-corrected chi connectivity index (χ3v) is 5.64. The van der Waals surface area contributed by atoms with E-state index in [4.69, 9.17) is 11.6 Å². The van der Waals surface area contributed by atoms with Gasteiger partial charge in [0, 0.05) is 0 Å². The van der Waals surface area contributed by atoms with Crippen molar-refractivity contribution in [3.63, 3.8) is 0 Å². The van der Waals surface area contributed by atoms with Crippen LogP contribution >= 0.6 is 11.6 Å². The van der Waals surface area contributed by atoms with Gasteiger partial charge in [-0.05, 0) is 42.3 Å². The van der Waals surface area contributed by atoms with Crippen LogP contribution in [0.25, 0.3) is 0 Å². The number of alkyl halides is 3. The Balaban J connectivity index is 2.37. The number of methoxy groups -OCH3 is 1. The van der Waals surface area contributed by atoms with E-state index >= 15 is 0 Å². The van der Waals surface area contributed by atoms with E-state index in [-0.39, 0.29) is 6.42 Å². The van der Waals surface area contributed by atoms with Crippen molar-refractivity contribution in [1.82, 2.24) is 4.72 Å².